The molecule has 0 bridgehead atoms. The van der Waals surface area contributed by atoms with Gasteiger partial charge in [-0.3, -0.25) is 14.1 Å². The molecule has 5 heteroatoms. The lowest BCUT2D eigenvalue weighted by Crippen LogP contribution is -2.10. The first-order valence-corrected chi connectivity index (χ1v) is 15.1. The summed E-state index contributed by atoms with van der Waals surface area (Å²) in [6, 6.07) is 55.1. The van der Waals surface area contributed by atoms with Gasteiger partial charge in [0.15, 0.2) is 0 Å². The molecule has 0 amide bonds. The van der Waals surface area contributed by atoms with Crippen molar-refractivity contribution in [3.63, 3.8) is 0 Å². The molecule has 0 aliphatic carbocycles. The fourth-order valence-electron chi connectivity index (χ4n) is 6.59. The Balaban J connectivity index is 1.34. The van der Waals surface area contributed by atoms with Crippen molar-refractivity contribution in [3.05, 3.63) is 164 Å². The Morgan fingerprint density at radius 1 is 0.422 bits per heavy atom. The van der Waals surface area contributed by atoms with Crippen molar-refractivity contribution in [1.82, 2.24) is 19.1 Å². The normalized spacial score (nSPS) is 11.6. The molecule has 5 nitrogen and oxygen atoms in total. The van der Waals surface area contributed by atoms with Gasteiger partial charge in [0, 0.05) is 50.8 Å². The molecule has 0 aliphatic heterocycles. The molecular formula is C40H27N5. The molecule has 4 heterocycles. The van der Waals surface area contributed by atoms with Gasteiger partial charge in [-0.25, -0.2) is 4.98 Å². The highest BCUT2D eigenvalue weighted by Crippen LogP contribution is 2.39. The first-order chi connectivity index (χ1) is 22.3. The summed E-state index contributed by atoms with van der Waals surface area (Å²) in [5, 5.41) is 3.31. The van der Waals surface area contributed by atoms with Crippen LogP contribution in [0.2, 0.25) is 0 Å². The lowest BCUT2D eigenvalue weighted by molar-refractivity contribution is 1.10. The van der Waals surface area contributed by atoms with Crippen LogP contribution in [0.15, 0.2) is 164 Å². The highest BCUT2D eigenvalue weighted by molar-refractivity contribution is 6.15. The molecule has 0 unspecified atom stereocenters. The van der Waals surface area contributed by atoms with Gasteiger partial charge in [-0.2, -0.15) is 0 Å². The van der Waals surface area contributed by atoms with Crippen molar-refractivity contribution in [2.45, 2.75) is 0 Å². The Morgan fingerprint density at radius 2 is 1.00 bits per heavy atom. The van der Waals surface area contributed by atoms with E-state index < -0.39 is 0 Å². The van der Waals surface area contributed by atoms with E-state index in [1.807, 2.05) is 18.3 Å². The molecule has 212 valence electrons. The molecule has 45 heavy (non-hydrogen) atoms. The van der Waals surface area contributed by atoms with Crippen molar-refractivity contribution >= 4 is 61.1 Å². The largest absolute Gasteiger partial charge is 0.310 e. The van der Waals surface area contributed by atoms with Crippen LogP contribution in [-0.2, 0) is 0 Å². The van der Waals surface area contributed by atoms with Crippen molar-refractivity contribution in [2.75, 3.05) is 4.90 Å². The van der Waals surface area contributed by atoms with E-state index in [-0.39, 0.29) is 0 Å². The summed E-state index contributed by atoms with van der Waals surface area (Å²) in [6.45, 7) is 0. The van der Waals surface area contributed by atoms with Gasteiger partial charge in [-0.05, 0) is 78.9 Å². The third-order valence-electron chi connectivity index (χ3n) is 8.51. The number of benzene rings is 5. The van der Waals surface area contributed by atoms with Crippen LogP contribution in [0.3, 0.4) is 0 Å². The standard InChI is InChI=1S/C40H27N5/c1-4-14-28(15-5-1)43(29-16-6-2-7-17-29)31-20-12-21-32(26-31)45-37-24-13-25-41-38(37)35-27-34-33-22-10-11-23-36(33)44(39(34)42-40(35)45)30-18-8-3-9-19-30/h1-27H. The highest BCUT2D eigenvalue weighted by atomic mass is 15.2. The smallest absolute Gasteiger partial charge is 0.149 e. The van der Waals surface area contributed by atoms with E-state index in [0.29, 0.717) is 0 Å². The maximum atomic E-state index is 5.47. The molecule has 0 atom stereocenters. The summed E-state index contributed by atoms with van der Waals surface area (Å²) in [4.78, 5) is 12.6. The molecule has 0 fully saturated rings. The second-order valence-corrected chi connectivity index (χ2v) is 11.2. The van der Waals surface area contributed by atoms with Crippen LogP contribution in [0.1, 0.15) is 0 Å². The van der Waals surface area contributed by atoms with Crippen LogP contribution in [0.4, 0.5) is 17.1 Å². The fraction of sp³-hybridized carbons (Fsp3) is 0. The fourth-order valence-corrected chi connectivity index (χ4v) is 6.59. The number of hydrogen-bond donors (Lipinski definition) is 0. The zero-order valence-corrected chi connectivity index (χ0v) is 24.3. The zero-order chi connectivity index (χ0) is 29.7. The monoisotopic (exact) mass is 577 g/mol. The number of para-hydroxylation sites is 4. The Morgan fingerprint density at radius 3 is 1.76 bits per heavy atom. The van der Waals surface area contributed by atoms with Crippen molar-refractivity contribution in [1.29, 1.82) is 0 Å². The first kappa shape index (κ1) is 25.3. The Hall–Kier alpha value is -6.20. The van der Waals surface area contributed by atoms with Gasteiger partial charge in [0.05, 0.1) is 16.6 Å². The van der Waals surface area contributed by atoms with Crippen LogP contribution >= 0.6 is 0 Å². The maximum absolute atomic E-state index is 5.47. The van der Waals surface area contributed by atoms with Gasteiger partial charge in [-0.1, -0.05) is 78.9 Å². The van der Waals surface area contributed by atoms with Crippen LogP contribution in [-0.4, -0.2) is 19.1 Å². The second-order valence-electron chi connectivity index (χ2n) is 11.2. The summed E-state index contributed by atoms with van der Waals surface area (Å²) in [7, 11) is 0. The summed E-state index contributed by atoms with van der Waals surface area (Å²) < 4.78 is 4.52. The molecule has 0 N–H and O–H groups in total. The maximum Gasteiger partial charge on any atom is 0.149 e. The van der Waals surface area contributed by atoms with E-state index in [9.17, 15) is 0 Å². The molecule has 0 spiro atoms. The summed E-state index contributed by atoms with van der Waals surface area (Å²) >= 11 is 0. The minimum Gasteiger partial charge on any atom is -0.310 e. The first-order valence-electron chi connectivity index (χ1n) is 15.1. The summed E-state index contributed by atoms with van der Waals surface area (Å²) in [5.41, 5.74) is 10.2. The number of nitrogens with zero attached hydrogens (tertiary/aromatic N) is 5. The van der Waals surface area contributed by atoms with Gasteiger partial charge in [0.25, 0.3) is 0 Å². The lowest BCUT2D eigenvalue weighted by Gasteiger charge is -2.26. The average molecular weight is 578 g/mol. The van der Waals surface area contributed by atoms with E-state index in [0.717, 1.165) is 67.1 Å². The molecule has 9 rings (SSSR count). The van der Waals surface area contributed by atoms with E-state index in [1.165, 1.54) is 5.39 Å². The Bertz CT molecular complexity index is 2440. The van der Waals surface area contributed by atoms with E-state index >= 15 is 0 Å². The molecule has 0 aliphatic rings. The van der Waals surface area contributed by atoms with Gasteiger partial charge >= 0.3 is 0 Å². The number of fused-ring (bicyclic) bond motifs is 6. The molecule has 0 saturated carbocycles. The van der Waals surface area contributed by atoms with Crippen molar-refractivity contribution in [3.8, 4) is 11.4 Å². The van der Waals surface area contributed by atoms with Crippen molar-refractivity contribution < 1.29 is 0 Å². The minimum absolute atomic E-state index is 0.874. The highest BCUT2D eigenvalue weighted by Gasteiger charge is 2.21. The average Bonchev–Trinajstić information content (AvgIpc) is 3.61. The SMILES string of the molecule is c1ccc(N(c2ccccc2)c2cccc(-n3c4cccnc4c4cc5c6ccccc6n(-c6ccccc6)c5nc43)c2)cc1. The van der Waals surface area contributed by atoms with Crippen LogP contribution in [0.25, 0.3) is 55.4 Å². The summed E-state index contributed by atoms with van der Waals surface area (Å²) in [6.07, 6.45) is 1.87. The molecule has 0 radical (unpaired) electrons. The summed E-state index contributed by atoms with van der Waals surface area (Å²) in [5.74, 6) is 0. The second kappa shape index (κ2) is 10.2. The number of aromatic nitrogens is 4. The van der Waals surface area contributed by atoms with Gasteiger partial charge in [0.1, 0.15) is 11.3 Å². The van der Waals surface area contributed by atoms with Crippen LogP contribution in [0, 0.1) is 0 Å². The number of anilines is 3. The number of hydrogen-bond acceptors (Lipinski definition) is 3. The molecule has 0 saturated heterocycles. The molecule has 9 aromatic rings. The third kappa shape index (κ3) is 4.02. The van der Waals surface area contributed by atoms with Gasteiger partial charge in [0.2, 0.25) is 0 Å². The molecule has 4 aromatic heterocycles. The van der Waals surface area contributed by atoms with Crippen molar-refractivity contribution in [2.24, 2.45) is 0 Å². The lowest BCUT2D eigenvalue weighted by atomic mass is 10.1. The predicted molar refractivity (Wildman–Crippen MR) is 185 cm³/mol. The van der Waals surface area contributed by atoms with Gasteiger partial charge in [-0.15, -0.1) is 0 Å². The molecule has 5 aromatic carbocycles. The predicted octanol–water partition coefficient (Wildman–Crippen LogP) is 10.1. The Labute approximate surface area is 259 Å². The van der Waals surface area contributed by atoms with Crippen LogP contribution < -0.4 is 4.90 Å². The van der Waals surface area contributed by atoms with Crippen LogP contribution in [0.5, 0.6) is 0 Å². The minimum atomic E-state index is 0.874. The van der Waals surface area contributed by atoms with E-state index in [2.05, 4.69) is 160 Å². The number of pyridine rings is 2. The number of rotatable bonds is 5. The van der Waals surface area contributed by atoms with E-state index in [1.54, 1.807) is 0 Å². The van der Waals surface area contributed by atoms with E-state index in [4.69, 9.17) is 9.97 Å². The quantitative estimate of drug-likeness (QED) is 0.204. The Kier molecular flexibility index (Phi) is 5.74. The zero-order valence-electron chi connectivity index (χ0n) is 24.3. The third-order valence-corrected chi connectivity index (χ3v) is 8.51. The van der Waals surface area contributed by atoms with Gasteiger partial charge < -0.3 is 4.90 Å². The topological polar surface area (TPSA) is 38.9 Å². The molecular weight excluding hydrogens is 550 g/mol.